The van der Waals surface area contributed by atoms with E-state index in [1.165, 1.54) is 13.8 Å². The summed E-state index contributed by atoms with van der Waals surface area (Å²) in [6.45, 7) is 15.5. The number of fused-ring (bicyclic) bond motifs is 7. The van der Waals surface area contributed by atoms with Crippen molar-refractivity contribution in [1.82, 2.24) is 0 Å². The van der Waals surface area contributed by atoms with E-state index in [1.54, 1.807) is 27.7 Å². The van der Waals surface area contributed by atoms with Crippen molar-refractivity contribution >= 4 is 30.2 Å². The molecule has 46 nitrogen and oxygen atoms in total. The van der Waals surface area contributed by atoms with Gasteiger partial charge >= 0.3 is 23.9 Å². The minimum atomic E-state index is -2.26. The molecule has 0 spiro atoms. The molecular formula is C91H146O46. The van der Waals surface area contributed by atoms with E-state index in [4.69, 9.17) is 85.3 Å². The highest BCUT2D eigenvalue weighted by atomic mass is 16.8. The molecule has 0 radical (unpaired) electrons. The van der Waals surface area contributed by atoms with Gasteiger partial charge in [-0.3, -0.25) is 14.4 Å². The van der Waals surface area contributed by atoms with E-state index in [2.05, 4.69) is 19.9 Å². The zero-order valence-corrected chi connectivity index (χ0v) is 78.7. The Kier molecular flexibility index (Phi) is 35.5. The maximum atomic E-state index is 16.3. The SMILES string of the molecule is CC[C@H](C)[C@H](C[C@H](O)CC(=O)O[C@@H]1[C@H](O)[C@@H](O[C@@H]2O[C@@H](C)[C@H](O[C@@H]3OC[C@@H](O)[C@H](O[C@@H]4OC[C@](O)(CO)[C@H]4O)[C@H]3O)[C@@H](O)[C@H]2O)[C@H](OC(=O)[C@]23CCC(C)(C)C[C@H]2C2=CC[C@@H]4[C@@]5(C)CC[C@H](O[C@@H]6O[C@H](C(=O)O)[C@@H](O)[C@H](O[C@@H]7OC[C@@H](O)[C@H](O)[C@H]7O)[C@H]6O[C@@H]6O[C@H](CO)[C@H](O)[C@H](O)[C@H]6O)[C@@](C)(C=O)[C@@H]5CC[C@@]4(C)C2C[C@H]3O)O[C@@H]1C)OC(=O)C[C@@H](O)C[C@H](O[C@@H]1O[C@@H](CO)[C@H](O)[C@H]1O)[C@@H](C)CC. The Morgan fingerprint density at radius 3 is 1.69 bits per heavy atom. The summed E-state index contributed by atoms with van der Waals surface area (Å²) in [5.74, 6) is -7.61. The number of hydrogen-bond donors (Lipinski definition) is 23. The molecule has 786 valence electrons. The zero-order valence-electron chi connectivity index (χ0n) is 78.7. The molecule has 12 fully saturated rings. The van der Waals surface area contributed by atoms with Gasteiger partial charge < -0.3 is 208 Å². The Morgan fingerprint density at radius 2 is 1.05 bits per heavy atom. The molecule has 8 saturated heterocycles. The summed E-state index contributed by atoms with van der Waals surface area (Å²) >= 11 is 0. The zero-order chi connectivity index (χ0) is 100. The van der Waals surface area contributed by atoms with Crippen molar-refractivity contribution in [2.24, 2.45) is 62.6 Å². The summed E-state index contributed by atoms with van der Waals surface area (Å²) in [5.41, 5.74) is -6.58. The third-order valence-electron chi connectivity index (χ3n) is 32.5. The smallest absolute Gasteiger partial charge is 0.335 e. The van der Waals surface area contributed by atoms with Gasteiger partial charge in [-0.2, -0.15) is 0 Å². The van der Waals surface area contributed by atoms with E-state index in [0.29, 0.717) is 51.4 Å². The monoisotopic (exact) mass is 1970 g/mol. The van der Waals surface area contributed by atoms with E-state index in [9.17, 15) is 137 Å². The van der Waals surface area contributed by atoms with Crippen molar-refractivity contribution in [3.05, 3.63) is 11.6 Å². The van der Waals surface area contributed by atoms with Gasteiger partial charge in [0.25, 0.3) is 0 Å². The number of ether oxygens (including phenoxy) is 18. The van der Waals surface area contributed by atoms with Crippen LogP contribution in [0.15, 0.2) is 11.6 Å². The molecule has 46 heteroatoms. The van der Waals surface area contributed by atoms with Gasteiger partial charge in [0.1, 0.15) is 152 Å². The first-order valence-corrected chi connectivity index (χ1v) is 47.9. The molecule has 0 aromatic carbocycles. The fourth-order valence-corrected chi connectivity index (χ4v) is 23.7. The highest BCUT2D eigenvalue weighted by Gasteiger charge is 2.71. The predicted molar refractivity (Wildman–Crippen MR) is 453 cm³/mol. The van der Waals surface area contributed by atoms with Gasteiger partial charge in [-0.05, 0) is 123 Å². The number of carbonyl (C=O) groups is 5. The van der Waals surface area contributed by atoms with Gasteiger partial charge in [-0.15, -0.1) is 0 Å². The van der Waals surface area contributed by atoms with Crippen LogP contribution >= 0.6 is 0 Å². The second-order valence-corrected chi connectivity index (χ2v) is 42.0. The molecule has 0 aromatic rings. The summed E-state index contributed by atoms with van der Waals surface area (Å²) < 4.78 is 108. The lowest BCUT2D eigenvalue weighted by Crippen LogP contribution is -2.68. The van der Waals surface area contributed by atoms with Gasteiger partial charge in [0, 0.05) is 12.8 Å². The fourth-order valence-electron chi connectivity index (χ4n) is 23.7. The second kappa shape index (κ2) is 44.2. The van der Waals surface area contributed by atoms with Crippen molar-refractivity contribution in [1.29, 1.82) is 0 Å². The van der Waals surface area contributed by atoms with Crippen LogP contribution < -0.4 is 0 Å². The van der Waals surface area contributed by atoms with E-state index >= 15 is 4.79 Å². The topological polar surface area (TPSA) is 717 Å². The Bertz CT molecular complexity index is 4040. The standard InChI is InChI=1S/C91H146O46/c1-12-35(3)46(125-54(101)24-40(97)23-47(36(4)13-2)126-80-62(109)58(105)49(29-93)127-80)22-39(96)25-55(102)130-69-38(6)124-82(73(65(69)112)135-79-64(111)60(107)68(37(5)123-79)131-78-67(114)70(45(99)31-121-78)132-84-75(115)90(119,33-95)34-122-84)137-85(118)91-21-20-86(7,8)27-43(91)41-14-15-50-87(9,42(41)26-52(91)100)18-16-51-88(50,10)19-17-53(89(51,11)32-94)129-83-74(136-81-63(110)59(106)57(104)48(28-92)128-81)71(66(113)72(134-83)76(116)117)133-77-61(108)56(103)44(98)30-120-77/h14,32,35-40,42-53,56-75,77-84,92-93,95-100,103-115,119H,12-13,15-31,33-34H2,1-11H3,(H,116,117)/t35-,36-,37-,38+,39-,40-,42?,43-,44+,45+,46-,47-,48+,49-,50-,51+,52+,53-,56-,57-,58-,59-,60-,61+,62+,63+,64+,65-,66-,67+,68-,69-,70-,71-,72-,73+,74+,75-,77-,78-,79-,80+,81-,82-,83+,84-,87-,88+,89-,90+,91+/m0/s1. The number of aliphatic hydroxyl groups is 22. The number of hydrogen-bond acceptors (Lipinski definition) is 45. The molecule has 13 rings (SSSR count). The van der Waals surface area contributed by atoms with Crippen LogP contribution in [0.4, 0.5) is 0 Å². The summed E-state index contributed by atoms with van der Waals surface area (Å²) in [6, 6.07) is 0. The molecule has 8 heterocycles. The largest absolute Gasteiger partial charge is 0.479 e. The molecule has 0 aromatic heterocycles. The Balaban J connectivity index is 0.741. The number of allylic oxidation sites excluding steroid dienone is 2. The van der Waals surface area contributed by atoms with E-state index in [1.807, 2.05) is 20.8 Å². The van der Waals surface area contributed by atoms with E-state index in [0.717, 1.165) is 11.9 Å². The molecule has 5 aliphatic carbocycles. The number of esters is 3. The van der Waals surface area contributed by atoms with Crippen LogP contribution in [-0.4, -0.2) is 439 Å². The van der Waals surface area contributed by atoms with Gasteiger partial charge in [-0.25, -0.2) is 4.79 Å². The average molecular weight is 1980 g/mol. The Morgan fingerprint density at radius 1 is 0.504 bits per heavy atom. The van der Waals surface area contributed by atoms with Gasteiger partial charge in [-0.1, -0.05) is 86.8 Å². The molecular weight excluding hydrogens is 1830 g/mol. The molecule has 1 unspecified atom stereocenters. The summed E-state index contributed by atoms with van der Waals surface area (Å²) in [4.78, 5) is 71.8. The normalized spacial score (nSPS) is 48.5. The molecule has 137 heavy (non-hydrogen) atoms. The number of carboxylic acid groups (broad SMARTS) is 1. The number of carbonyl (C=O) groups excluding carboxylic acids is 4. The third kappa shape index (κ3) is 21.9. The van der Waals surface area contributed by atoms with Crippen molar-refractivity contribution in [2.45, 2.75) is 424 Å². The van der Waals surface area contributed by atoms with Crippen LogP contribution in [0.25, 0.3) is 0 Å². The number of aldehydes is 1. The van der Waals surface area contributed by atoms with Crippen LogP contribution in [-0.2, 0) is 109 Å². The van der Waals surface area contributed by atoms with Gasteiger partial charge in [0.2, 0.25) is 6.29 Å². The second-order valence-electron chi connectivity index (χ2n) is 42.0. The highest BCUT2D eigenvalue weighted by Crippen LogP contribution is 2.73. The Labute approximate surface area is 791 Å². The third-order valence-corrected chi connectivity index (χ3v) is 32.5. The minimum Gasteiger partial charge on any atom is -0.479 e. The molecule has 0 bridgehead atoms. The van der Waals surface area contributed by atoms with Crippen LogP contribution in [0.1, 0.15) is 172 Å². The Hall–Kier alpha value is -4.19. The molecule has 23 N–H and O–H groups in total. The quantitative estimate of drug-likeness (QED) is 0.00923. The lowest BCUT2D eigenvalue weighted by Gasteiger charge is -2.68. The molecule has 4 saturated carbocycles. The molecule has 13 aliphatic rings. The van der Waals surface area contributed by atoms with Crippen LogP contribution in [0, 0.1) is 62.6 Å². The maximum absolute atomic E-state index is 16.3. The first-order valence-electron chi connectivity index (χ1n) is 47.9. The van der Waals surface area contributed by atoms with Crippen LogP contribution in [0.3, 0.4) is 0 Å². The molecule has 0 amide bonds. The maximum Gasteiger partial charge on any atom is 0.335 e. The summed E-state index contributed by atoms with van der Waals surface area (Å²) in [7, 11) is 0. The number of aliphatic hydroxyl groups excluding tert-OH is 21. The van der Waals surface area contributed by atoms with Crippen LogP contribution in [0.5, 0.6) is 0 Å². The molecule has 51 atom stereocenters. The predicted octanol–water partition coefficient (Wildman–Crippen LogP) is -6.08. The lowest BCUT2D eigenvalue weighted by atomic mass is 9.36. The number of rotatable bonds is 35. The van der Waals surface area contributed by atoms with E-state index < -0.39 is 378 Å². The molecule has 8 aliphatic heterocycles. The number of carboxylic acids is 1. The fraction of sp³-hybridized carbons (Fsp3) is 0.923. The summed E-state index contributed by atoms with van der Waals surface area (Å²) in [6.07, 6.45) is -66.2. The highest BCUT2D eigenvalue weighted by molar-refractivity contribution is 5.80. The van der Waals surface area contributed by atoms with Crippen LogP contribution in [0.2, 0.25) is 0 Å². The van der Waals surface area contributed by atoms with Crippen molar-refractivity contribution in [3.63, 3.8) is 0 Å². The van der Waals surface area contributed by atoms with Crippen molar-refractivity contribution < 1.29 is 227 Å². The lowest BCUT2D eigenvalue weighted by molar-refractivity contribution is -0.391. The summed E-state index contributed by atoms with van der Waals surface area (Å²) in [5, 5.41) is 256. The van der Waals surface area contributed by atoms with Gasteiger partial charge in [0.05, 0.1) is 101 Å². The first kappa shape index (κ1) is 110. The first-order chi connectivity index (χ1) is 64.4. The van der Waals surface area contributed by atoms with Gasteiger partial charge in [0.15, 0.2) is 62.3 Å². The van der Waals surface area contributed by atoms with Crippen molar-refractivity contribution in [2.75, 3.05) is 39.6 Å². The number of aliphatic carboxylic acids is 1. The minimum absolute atomic E-state index is 0.0233. The average Bonchev–Trinajstić information content (AvgIpc) is 0.754. The van der Waals surface area contributed by atoms with Crippen molar-refractivity contribution in [3.8, 4) is 0 Å². The van der Waals surface area contributed by atoms with E-state index in [-0.39, 0.29) is 43.9 Å².